The van der Waals surface area contributed by atoms with Gasteiger partial charge in [0, 0.05) is 22.5 Å². The van der Waals surface area contributed by atoms with E-state index in [4.69, 9.17) is 4.52 Å². The van der Waals surface area contributed by atoms with E-state index in [0.29, 0.717) is 11.9 Å². The fraction of sp³-hybridized carbons (Fsp3) is 0.500. The Hall–Kier alpha value is -1.20. The molecule has 0 saturated heterocycles. The third-order valence-corrected chi connectivity index (χ3v) is 4.80. The largest absolute Gasteiger partial charge is 0.339 e. The molecule has 3 rings (SSSR count). The summed E-state index contributed by atoms with van der Waals surface area (Å²) >= 11 is 3.54. The van der Waals surface area contributed by atoms with Gasteiger partial charge < -0.3 is 9.84 Å². The van der Waals surface area contributed by atoms with E-state index in [2.05, 4.69) is 51.3 Å². The number of aromatic nitrogens is 2. The molecule has 1 aromatic heterocycles. The minimum atomic E-state index is 0.466. The molecule has 0 bridgehead atoms. The Kier molecular flexibility index (Phi) is 4.40. The fourth-order valence-electron chi connectivity index (χ4n) is 2.54. The van der Waals surface area contributed by atoms with Crippen molar-refractivity contribution < 1.29 is 4.52 Å². The number of nitrogens with one attached hydrogen (secondary N) is 1. The van der Waals surface area contributed by atoms with Crippen LogP contribution in [0.5, 0.6) is 0 Å². The molecule has 1 saturated carbocycles. The van der Waals surface area contributed by atoms with Crippen molar-refractivity contribution in [1.82, 2.24) is 15.5 Å². The van der Waals surface area contributed by atoms with Crippen molar-refractivity contribution in [2.75, 3.05) is 6.54 Å². The molecule has 1 heterocycles. The topological polar surface area (TPSA) is 51.0 Å². The maximum atomic E-state index is 5.43. The van der Waals surface area contributed by atoms with Gasteiger partial charge in [-0.05, 0) is 43.9 Å². The molecule has 1 atom stereocenters. The van der Waals surface area contributed by atoms with Crippen LogP contribution >= 0.6 is 15.9 Å². The number of hydrogen-bond donors (Lipinski definition) is 1. The van der Waals surface area contributed by atoms with Crippen LogP contribution in [-0.2, 0) is 6.42 Å². The number of rotatable bonds is 6. The summed E-state index contributed by atoms with van der Waals surface area (Å²) < 4.78 is 6.49. The van der Waals surface area contributed by atoms with E-state index in [1.54, 1.807) is 0 Å². The normalized spacial score (nSPS) is 16.1. The molecule has 1 aromatic carbocycles. The van der Waals surface area contributed by atoms with Gasteiger partial charge in [0.2, 0.25) is 11.7 Å². The summed E-state index contributed by atoms with van der Waals surface area (Å²) in [5.74, 6) is 2.16. The molecule has 1 aliphatic carbocycles. The first kappa shape index (κ1) is 14.7. The monoisotopic (exact) mass is 349 g/mol. The quantitative estimate of drug-likeness (QED) is 0.862. The van der Waals surface area contributed by atoms with Crippen LogP contribution < -0.4 is 5.32 Å². The summed E-state index contributed by atoms with van der Waals surface area (Å²) in [7, 11) is 0. The second kappa shape index (κ2) is 6.28. The fourth-order valence-corrected chi connectivity index (χ4v) is 2.92. The number of likely N-dealkylation sites (N-methyl/N-ethyl adjacent to an activating group) is 1. The molecule has 4 nitrogen and oxygen atoms in total. The standard InChI is InChI=1S/C16H20BrN3O/c1-3-18-14(11-6-7-11)9-15-19-16(20-21-15)12-5-4-10(2)13(17)8-12/h4-5,8,11,14,18H,3,6-7,9H2,1-2H3. The van der Waals surface area contributed by atoms with Gasteiger partial charge in [0.05, 0.1) is 0 Å². The van der Waals surface area contributed by atoms with Crippen LogP contribution in [0.4, 0.5) is 0 Å². The summed E-state index contributed by atoms with van der Waals surface area (Å²) in [5, 5.41) is 7.64. The van der Waals surface area contributed by atoms with E-state index in [-0.39, 0.29) is 0 Å². The Morgan fingerprint density at radius 1 is 1.43 bits per heavy atom. The summed E-state index contributed by atoms with van der Waals surface area (Å²) in [6.45, 7) is 5.18. The van der Waals surface area contributed by atoms with Crippen LogP contribution in [0, 0.1) is 12.8 Å². The van der Waals surface area contributed by atoms with Gasteiger partial charge >= 0.3 is 0 Å². The molecular formula is C16H20BrN3O. The molecule has 2 aromatic rings. The van der Waals surface area contributed by atoms with Crippen molar-refractivity contribution in [3.05, 3.63) is 34.1 Å². The summed E-state index contributed by atoms with van der Waals surface area (Å²) in [6.07, 6.45) is 3.44. The van der Waals surface area contributed by atoms with Gasteiger partial charge in [0.15, 0.2) is 0 Å². The molecule has 1 fully saturated rings. The zero-order chi connectivity index (χ0) is 14.8. The summed E-state index contributed by atoms with van der Waals surface area (Å²) in [4.78, 5) is 4.54. The molecule has 21 heavy (non-hydrogen) atoms. The zero-order valence-corrected chi connectivity index (χ0v) is 14.0. The molecule has 112 valence electrons. The van der Waals surface area contributed by atoms with Crippen LogP contribution in [0.1, 0.15) is 31.2 Å². The van der Waals surface area contributed by atoms with Gasteiger partial charge in [-0.15, -0.1) is 0 Å². The second-order valence-electron chi connectivity index (χ2n) is 5.68. The predicted molar refractivity (Wildman–Crippen MR) is 86.1 cm³/mol. The van der Waals surface area contributed by atoms with Crippen molar-refractivity contribution in [3.8, 4) is 11.4 Å². The smallest absolute Gasteiger partial charge is 0.228 e. The van der Waals surface area contributed by atoms with Gasteiger partial charge in [-0.25, -0.2) is 0 Å². The van der Waals surface area contributed by atoms with E-state index in [0.717, 1.165) is 34.8 Å². The Bertz CT molecular complexity index is 622. The van der Waals surface area contributed by atoms with Gasteiger partial charge in [-0.3, -0.25) is 0 Å². The lowest BCUT2D eigenvalue weighted by Crippen LogP contribution is -2.33. The number of nitrogens with zero attached hydrogens (tertiary/aromatic N) is 2. The highest BCUT2D eigenvalue weighted by molar-refractivity contribution is 9.10. The number of aryl methyl sites for hydroxylation is 1. The molecule has 0 radical (unpaired) electrons. The lowest BCUT2D eigenvalue weighted by Gasteiger charge is -2.14. The number of hydrogen-bond acceptors (Lipinski definition) is 4. The van der Waals surface area contributed by atoms with Gasteiger partial charge in [0.25, 0.3) is 0 Å². The van der Waals surface area contributed by atoms with Gasteiger partial charge in [-0.2, -0.15) is 4.98 Å². The minimum Gasteiger partial charge on any atom is -0.339 e. The van der Waals surface area contributed by atoms with Crippen LogP contribution in [0.2, 0.25) is 0 Å². The Balaban J connectivity index is 1.74. The highest BCUT2D eigenvalue weighted by Gasteiger charge is 2.31. The van der Waals surface area contributed by atoms with Crippen molar-refractivity contribution in [2.45, 2.75) is 39.2 Å². The predicted octanol–water partition coefficient (Wildman–Crippen LogP) is 3.74. The van der Waals surface area contributed by atoms with Crippen molar-refractivity contribution in [2.24, 2.45) is 5.92 Å². The molecular weight excluding hydrogens is 330 g/mol. The first-order valence-corrected chi connectivity index (χ1v) is 8.29. The van der Waals surface area contributed by atoms with E-state index in [9.17, 15) is 0 Å². The van der Waals surface area contributed by atoms with Crippen molar-refractivity contribution in [3.63, 3.8) is 0 Å². The van der Waals surface area contributed by atoms with Gasteiger partial charge in [0.1, 0.15) is 0 Å². The summed E-state index contributed by atoms with van der Waals surface area (Å²) in [5.41, 5.74) is 2.18. The number of halogens is 1. The second-order valence-corrected chi connectivity index (χ2v) is 6.54. The van der Waals surface area contributed by atoms with Crippen molar-refractivity contribution >= 4 is 15.9 Å². The van der Waals surface area contributed by atoms with Gasteiger partial charge in [-0.1, -0.05) is 40.1 Å². The lowest BCUT2D eigenvalue weighted by molar-refractivity contribution is 0.348. The number of benzene rings is 1. The van der Waals surface area contributed by atoms with E-state index in [1.165, 1.54) is 18.4 Å². The first-order valence-electron chi connectivity index (χ1n) is 7.50. The van der Waals surface area contributed by atoms with Crippen LogP contribution in [0.25, 0.3) is 11.4 Å². The Morgan fingerprint density at radius 3 is 2.90 bits per heavy atom. The molecule has 0 spiro atoms. The average Bonchev–Trinajstić information content (AvgIpc) is 3.21. The molecule has 0 aliphatic heterocycles. The first-order chi connectivity index (χ1) is 10.2. The van der Waals surface area contributed by atoms with Crippen molar-refractivity contribution in [1.29, 1.82) is 0 Å². The molecule has 0 amide bonds. The van der Waals surface area contributed by atoms with E-state index in [1.807, 2.05) is 12.1 Å². The summed E-state index contributed by atoms with van der Waals surface area (Å²) in [6, 6.07) is 6.58. The maximum absolute atomic E-state index is 5.43. The highest BCUT2D eigenvalue weighted by atomic mass is 79.9. The molecule has 1 aliphatic rings. The third-order valence-electron chi connectivity index (χ3n) is 3.95. The molecule has 1 N–H and O–H groups in total. The van der Waals surface area contributed by atoms with Crippen LogP contribution in [0.15, 0.2) is 27.2 Å². The Morgan fingerprint density at radius 2 is 2.24 bits per heavy atom. The SMILES string of the molecule is CCNC(Cc1nc(-c2ccc(C)c(Br)c2)no1)C1CC1. The highest BCUT2D eigenvalue weighted by Crippen LogP contribution is 2.34. The van der Waals surface area contributed by atoms with Crippen LogP contribution in [-0.4, -0.2) is 22.7 Å². The average molecular weight is 350 g/mol. The molecule has 5 heteroatoms. The maximum Gasteiger partial charge on any atom is 0.228 e. The Labute approximate surface area is 133 Å². The lowest BCUT2D eigenvalue weighted by atomic mass is 10.1. The minimum absolute atomic E-state index is 0.466. The zero-order valence-electron chi connectivity index (χ0n) is 12.4. The molecule has 1 unspecified atom stereocenters. The third kappa shape index (κ3) is 3.52. The van der Waals surface area contributed by atoms with E-state index >= 15 is 0 Å². The van der Waals surface area contributed by atoms with Crippen LogP contribution in [0.3, 0.4) is 0 Å². The van der Waals surface area contributed by atoms with E-state index < -0.39 is 0 Å².